The Morgan fingerprint density at radius 3 is 2.60 bits per heavy atom. The van der Waals surface area contributed by atoms with Gasteiger partial charge in [0.2, 0.25) is 17.7 Å². The molecule has 1 fully saturated rings. The maximum atomic E-state index is 11.8. The number of benzene rings is 1. The number of nitrogens with one attached hydrogen (secondary N) is 1. The SMILES string of the molecule is Cc1c(N)cccc1NC(=O)CCN1C(=O)CCC1=O. The summed E-state index contributed by atoms with van der Waals surface area (Å²) in [5.41, 5.74) is 7.81. The van der Waals surface area contributed by atoms with Crippen LogP contribution in [0.4, 0.5) is 11.4 Å². The molecule has 1 heterocycles. The molecule has 0 aromatic heterocycles. The number of amides is 3. The maximum Gasteiger partial charge on any atom is 0.229 e. The second-order valence-corrected chi connectivity index (χ2v) is 4.76. The van der Waals surface area contributed by atoms with Crippen LogP contribution in [0.5, 0.6) is 0 Å². The second-order valence-electron chi connectivity index (χ2n) is 4.76. The highest BCUT2D eigenvalue weighted by atomic mass is 16.2. The zero-order chi connectivity index (χ0) is 14.7. The average Bonchev–Trinajstić information content (AvgIpc) is 2.72. The number of hydrogen-bond donors (Lipinski definition) is 2. The number of likely N-dealkylation sites (tertiary alicyclic amines) is 1. The normalized spacial score (nSPS) is 14.8. The van der Waals surface area contributed by atoms with Crippen LogP contribution < -0.4 is 11.1 Å². The fourth-order valence-electron chi connectivity index (χ4n) is 2.09. The van der Waals surface area contributed by atoms with Gasteiger partial charge in [0, 0.05) is 37.2 Å². The van der Waals surface area contributed by atoms with E-state index in [1.807, 2.05) is 6.92 Å². The van der Waals surface area contributed by atoms with E-state index in [4.69, 9.17) is 5.73 Å². The smallest absolute Gasteiger partial charge is 0.229 e. The average molecular weight is 275 g/mol. The fourth-order valence-corrected chi connectivity index (χ4v) is 2.09. The number of anilines is 2. The maximum absolute atomic E-state index is 11.8. The minimum absolute atomic E-state index is 0.0890. The molecule has 1 aromatic rings. The van der Waals surface area contributed by atoms with E-state index in [2.05, 4.69) is 5.32 Å². The second kappa shape index (κ2) is 5.73. The first-order valence-corrected chi connectivity index (χ1v) is 6.47. The van der Waals surface area contributed by atoms with Gasteiger partial charge in [-0.2, -0.15) is 0 Å². The van der Waals surface area contributed by atoms with Crippen LogP contribution in [-0.4, -0.2) is 29.2 Å². The highest BCUT2D eigenvalue weighted by Crippen LogP contribution is 2.20. The molecule has 0 unspecified atom stereocenters. The third kappa shape index (κ3) is 2.96. The molecule has 3 amide bonds. The molecule has 20 heavy (non-hydrogen) atoms. The van der Waals surface area contributed by atoms with Gasteiger partial charge in [-0.25, -0.2) is 0 Å². The Balaban J connectivity index is 1.91. The van der Waals surface area contributed by atoms with E-state index in [9.17, 15) is 14.4 Å². The van der Waals surface area contributed by atoms with Crippen LogP contribution in [0.15, 0.2) is 18.2 Å². The third-order valence-corrected chi connectivity index (χ3v) is 3.37. The first kappa shape index (κ1) is 14.0. The van der Waals surface area contributed by atoms with Crippen LogP contribution in [0, 0.1) is 6.92 Å². The summed E-state index contributed by atoms with van der Waals surface area (Å²) < 4.78 is 0. The number of nitrogens with zero attached hydrogens (tertiary/aromatic N) is 1. The molecule has 1 aromatic carbocycles. The van der Waals surface area contributed by atoms with Gasteiger partial charge in [-0.1, -0.05) is 6.07 Å². The molecule has 3 N–H and O–H groups in total. The number of carbonyl (C=O) groups is 3. The van der Waals surface area contributed by atoms with Gasteiger partial charge >= 0.3 is 0 Å². The Labute approximate surface area is 116 Å². The Kier molecular flexibility index (Phi) is 4.02. The van der Waals surface area contributed by atoms with Crippen molar-refractivity contribution in [1.29, 1.82) is 0 Å². The molecule has 0 bridgehead atoms. The standard InChI is InChI=1S/C14H17N3O3/c1-9-10(15)3-2-4-11(9)16-12(18)7-8-17-13(19)5-6-14(17)20/h2-4H,5-8,15H2,1H3,(H,16,18). The molecule has 2 rings (SSSR count). The van der Waals surface area contributed by atoms with Gasteiger partial charge < -0.3 is 11.1 Å². The topological polar surface area (TPSA) is 92.5 Å². The molecule has 106 valence electrons. The summed E-state index contributed by atoms with van der Waals surface area (Å²) in [5, 5.41) is 2.74. The Morgan fingerprint density at radius 1 is 1.30 bits per heavy atom. The van der Waals surface area contributed by atoms with Crippen molar-refractivity contribution < 1.29 is 14.4 Å². The molecular formula is C14H17N3O3. The molecule has 0 saturated carbocycles. The van der Waals surface area contributed by atoms with Crippen LogP contribution in [0.25, 0.3) is 0 Å². The van der Waals surface area contributed by atoms with E-state index in [-0.39, 0.29) is 43.5 Å². The van der Waals surface area contributed by atoms with Crippen molar-refractivity contribution in [3.05, 3.63) is 23.8 Å². The van der Waals surface area contributed by atoms with E-state index < -0.39 is 0 Å². The minimum Gasteiger partial charge on any atom is -0.398 e. The van der Waals surface area contributed by atoms with Gasteiger partial charge in [-0.15, -0.1) is 0 Å². The lowest BCUT2D eigenvalue weighted by atomic mass is 10.1. The van der Waals surface area contributed by atoms with Crippen LogP contribution in [0.2, 0.25) is 0 Å². The van der Waals surface area contributed by atoms with Crippen LogP contribution >= 0.6 is 0 Å². The molecule has 0 radical (unpaired) electrons. The quantitative estimate of drug-likeness (QED) is 0.634. The Hall–Kier alpha value is -2.37. The van der Waals surface area contributed by atoms with Crippen molar-refractivity contribution in [2.45, 2.75) is 26.2 Å². The largest absolute Gasteiger partial charge is 0.398 e. The molecule has 6 nitrogen and oxygen atoms in total. The van der Waals surface area contributed by atoms with E-state index in [1.165, 1.54) is 0 Å². The van der Waals surface area contributed by atoms with Gasteiger partial charge in [-0.3, -0.25) is 19.3 Å². The van der Waals surface area contributed by atoms with Crippen molar-refractivity contribution in [3.63, 3.8) is 0 Å². The number of rotatable bonds is 4. The number of nitrogens with two attached hydrogens (primary N) is 1. The molecule has 1 saturated heterocycles. The van der Waals surface area contributed by atoms with Crippen molar-refractivity contribution >= 4 is 29.1 Å². The zero-order valence-corrected chi connectivity index (χ0v) is 11.3. The number of carbonyl (C=O) groups excluding carboxylic acids is 3. The molecule has 6 heteroatoms. The summed E-state index contributed by atoms with van der Waals surface area (Å²) in [5.74, 6) is -0.655. The summed E-state index contributed by atoms with van der Waals surface area (Å²) in [7, 11) is 0. The third-order valence-electron chi connectivity index (χ3n) is 3.37. The predicted molar refractivity (Wildman–Crippen MR) is 74.8 cm³/mol. The van der Waals surface area contributed by atoms with Crippen molar-refractivity contribution in [3.8, 4) is 0 Å². The summed E-state index contributed by atoms with van der Waals surface area (Å²) in [6.07, 6.45) is 0.579. The zero-order valence-electron chi connectivity index (χ0n) is 11.3. The van der Waals surface area contributed by atoms with Gasteiger partial charge in [-0.05, 0) is 24.6 Å². The number of imide groups is 1. The summed E-state index contributed by atoms with van der Waals surface area (Å²) in [4.78, 5) is 35.8. The number of nitrogen functional groups attached to an aromatic ring is 1. The number of hydrogen-bond acceptors (Lipinski definition) is 4. The Bertz CT molecular complexity index is 553. The lowest BCUT2D eigenvalue weighted by molar-refractivity contribution is -0.138. The van der Waals surface area contributed by atoms with E-state index in [1.54, 1.807) is 18.2 Å². The summed E-state index contributed by atoms with van der Waals surface area (Å²) in [6, 6.07) is 5.27. The monoisotopic (exact) mass is 275 g/mol. The van der Waals surface area contributed by atoms with Gasteiger partial charge in [0.25, 0.3) is 0 Å². The van der Waals surface area contributed by atoms with Gasteiger partial charge in [0.05, 0.1) is 0 Å². The van der Waals surface area contributed by atoms with Crippen LogP contribution in [0.1, 0.15) is 24.8 Å². The highest BCUT2D eigenvalue weighted by Gasteiger charge is 2.28. The van der Waals surface area contributed by atoms with Crippen molar-refractivity contribution in [2.75, 3.05) is 17.6 Å². The molecular weight excluding hydrogens is 258 g/mol. The minimum atomic E-state index is -0.244. The molecule has 1 aliphatic rings. The van der Waals surface area contributed by atoms with Gasteiger partial charge in [0.15, 0.2) is 0 Å². The first-order chi connectivity index (χ1) is 9.49. The van der Waals surface area contributed by atoms with E-state index in [0.717, 1.165) is 10.5 Å². The molecule has 0 atom stereocenters. The molecule has 0 aliphatic carbocycles. The van der Waals surface area contributed by atoms with E-state index >= 15 is 0 Å². The highest BCUT2D eigenvalue weighted by molar-refractivity contribution is 6.02. The van der Waals surface area contributed by atoms with Crippen molar-refractivity contribution in [1.82, 2.24) is 4.90 Å². The lowest BCUT2D eigenvalue weighted by Gasteiger charge is -2.14. The first-order valence-electron chi connectivity index (χ1n) is 6.47. The van der Waals surface area contributed by atoms with Crippen LogP contribution in [0.3, 0.4) is 0 Å². The predicted octanol–water partition coefficient (Wildman–Crippen LogP) is 1.05. The Morgan fingerprint density at radius 2 is 1.95 bits per heavy atom. The fraction of sp³-hybridized carbons (Fsp3) is 0.357. The summed E-state index contributed by atoms with van der Waals surface area (Å²) in [6.45, 7) is 1.95. The van der Waals surface area contributed by atoms with Crippen molar-refractivity contribution in [2.24, 2.45) is 0 Å². The summed E-state index contributed by atoms with van der Waals surface area (Å²) >= 11 is 0. The molecule has 1 aliphatic heterocycles. The van der Waals surface area contributed by atoms with Crippen LogP contribution in [-0.2, 0) is 14.4 Å². The lowest BCUT2D eigenvalue weighted by Crippen LogP contribution is -2.32. The van der Waals surface area contributed by atoms with E-state index in [0.29, 0.717) is 11.4 Å². The molecule has 0 spiro atoms. The van der Waals surface area contributed by atoms with Gasteiger partial charge in [0.1, 0.15) is 0 Å².